The zero-order valence-electron chi connectivity index (χ0n) is 18.1. The smallest absolute Gasteiger partial charge is 0.243 e. The van der Waals surface area contributed by atoms with Gasteiger partial charge in [0, 0.05) is 23.5 Å². The molecular formula is C26H30N2O3. The van der Waals surface area contributed by atoms with Crippen molar-refractivity contribution in [3.05, 3.63) is 84.4 Å². The lowest BCUT2D eigenvalue weighted by Crippen LogP contribution is -2.21. The van der Waals surface area contributed by atoms with Crippen LogP contribution in [0.4, 0.5) is 11.4 Å². The Bertz CT molecular complexity index is 958. The number of amides is 1. The highest BCUT2D eigenvalue weighted by Gasteiger charge is 2.05. The molecule has 0 aliphatic rings. The summed E-state index contributed by atoms with van der Waals surface area (Å²) in [5, 5.41) is 6.04. The van der Waals surface area contributed by atoms with E-state index in [1.54, 1.807) is 0 Å². The predicted molar refractivity (Wildman–Crippen MR) is 126 cm³/mol. The standard InChI is InChI=1S/C26H30N2O3/c1-20(2)14-15-30-24-12-6-10-22(16-24)27-18-26(29)28-23-11-7-13-25(17-23)31-19-21-8-4-3-5-9-21/h3-13,16-17,20,27H,14-15,18-19H2,1-2H3,(H,28,29). The summed E-state index contributed by atoms with van der Waals surface area (Å²) in [6, 6.07) is 25.0. The first kappa shape index (κ1) is 22.2. The average molecular weight is 419 g/mol. The van der Waals surface area contributed by atoms with Gasteiger partial charge >= 0.3 is 0 Å². The molecule has 3 rings (SSSR count). The molecule has 5 nitrogen and oxygen atoms in total. The van der Waals surface area contributed by atoms with Gasteiger partial charge in [0.2, 0.25) is 5.91 Å². The summed E-state index contributed by atoms with van der Waals surface area (Å²) in [6.45, 7) is 5.67. The van der Waals surface area contributed by atoms with Crippen molar-refractivity contribution in [2.75, 3.05) is 23.8 Å². The molecule has 31 heavy (non-hydrogen) atoms. The van der Waals surface area contributed by atoms with Crippen LogP contribution in [0.5, 0.6) is 11.5 Å². The molecule has 0 fully saturated rings. The summed E-state index contributed by atoms with van der Waals surface area (Å²) in [7, 11) is 0. The average Bonchev–Trinajstić information content (AvgIpc) is 2.77. The monoisotopic (exact) mass is 418 g/mol. The van der Waals surface area contributed by atoms with E-state index in [1.165, 1.54) is 0 Å². The van der Waals surface area contributed by atoms with Crippen molar-refractivity contribution >= 4 is 17.3 Å². The van der Waals surface area contributed by atoms with E-state index in [0.29, 0.717) is 30.6 Å². The maximum Gasteiger partial charge on any atom is 0.243 e. The minimum atomic E-state index is -0.133. The summed E-state index contributed by atoms with van der Waals surface area (Å²) in [5.74, 6) is 1.98. The first-order chi connectivity index (χ1) is 15.1. The van der Waals surface area contributed by atoms with Crippen LogP contribution in [-0.2, 0) is 11.4 Å². The second-order valence-electron chi connectivity index (χ2n) is 7.76. The molecule has 1 amide bonds. The van der Waals surface area contributed by atoms with Crippen molar-refractivity contribution in [3.63, 3.8) is 0 Å². The van der Waals surface area contributed by atoms with Crippen molar-refractivity contribution in [1.82, 2.24) is 0 Å². The molecule has 0 unspecified atom stereocenters. The Labute approximate surface area is 184 Å². The van der Waals surface area contributed by atoms with E-state index in [0.717, 1.165) is 23.4 Å². The number of ether oxygens (including phenoxy) is 2. The molecule has 0 spiro atoms. The number of rotatable bonds is 11. The van der Waals surface area contributed by atoms with Crippen LogP contribution < -0.4 is 20.1 Å². The van der Waals surface area contributed by atoms with E-state index in [4.69, 9.17) is 9.47 Å². The fourth-order valence-electron chi connectivity index (χ4n) is 2.90. The van der Waals surface area contributed by atoms with Gasteiger partial charge in [-0.15, -0.1) is 0 Å². The zero-order valence-corrected chi connectivity index (χ0v) is 18.1. The Morgan fingerprint density at radius 3 is 2.26 bits per heavy atom. The Kier molecular flexibility index (Phi) is 8.35. The van der Waals surface area contributed by atoms with E-state index in [1.807, 2.05) is 78.9 Å². The molecule has 162 valence electrons. The summed E-state index contributed by atoms with van der Waals surface area (Å²) in [4.78, 5) is 12.4. The third kappa shape index (κ3) is 8.05. The minimum absolute atomic E-state index is 0.133. The predicted octanol–water partition coefficient (Wildman–Crippen LogP) is 5.74. The summed E-state index contributed by atoms with van der Waals surface area (Å²) < 4.78 is 11.6. The van der Waals surface area contributed by atoms with Gasteiger partial charge in [-0.1, -0.05) is 56.3 Å². The molecule has 5 heteroatoms. The quantitative estimate of drug-likeness (QED) is 0.417. The van der Waals surface area contributed by atoms with Crippen LogP contribution in [0.1, 0.15) is 25.8 Å². The molecule has 0 aliphatic carbocycles. The van der Waals surface area contributed by atoms with Crippen LogP contribution in [0, 0.1) is 5.92 Å². The minimum Gasteiger partial charge on any atom is -0.494 e. The van der Waals surface area contributed by atoms with Gasteiger partial charge in [0.1, 0.15) is 18.1 Å². The van der Waals surface area contributed by atoms with Crippen molar-refractivity contribution < 1.29 is 14.3 Å². The number of hydrogen-bond acceptors (Lipinski definition) is 4. The van der Waals surface area contributed by atoms with Gasteiger partial charge < -0.3 is 20.1 Å². The first-order valence-corrected chi connectivity index (χ1v) is 10.6. The van der Waals surface area contributed by atoms with Gasteiger partial charge in [-0.25, -0.2) is 0 Å². The van der Waals surface area contributed by atoms with Crippen LogP contribution in [0.2, 0.25) is 0 Å². The Morgan fingerprint density at radius 2 is 1.52 bits per heavy atom. The molecule has 0 aromatic heterocycles. The lowest BCUT2D eigenvalue weighted by molar-refractivity contribution is -0.114. The Balaban J connectivity index is 1.46. The van der Waals surface area contributed by atoms with Gasteiger partial charge in [0.15, 0.2) is 0 Å². The van der Waals surface area contributed by atoms with Crippen molar-refractivity contribution in [2.24, 2.45) is 5.92 Å². The van der Waals surface area contributed by atoms with Gasteiger partial charge in [0.05, 0.1) is 13.2 Å². The van der Waals surface area contributed by atoms with E-state index >= 15 is 0 Å². The van der Waals surface area contributed by atoms with Gasteiger partial charge in [-0.3, -0.25) is 4.79 Å². The highest BCUT2D eigenvalue weighted by atomic mass is 16.5. The van der Waals surface area contributed by atoms with Crippen LogP contribution in [-0.4, -0.2) is 19.1 Å². The fraction of sp³-hybridized carbons (Fsp3) is 0.269. The number of carbonyl (C=O) groups is 1. The Morgan fingerprint density at radius 1 is 0.839 bits per heavy atom. The van der Waals surface area contributed by atoms with Crippen molar-refractivity contribution in [2.45, 2.75) is 26.9 Å². The number of hydrogen-bond donors (Lipinski definition) is 2. The van der Waals surface area contributed by atoms with Crippen molar-refractivity contribution in [1.29, 1.82) is 0 Å². The molecule has 3 aromatic carbocycles. The maximum absolute atomic E-state index is 12.4. The fourth-order valence-corrected chi connectivity index (χ4v) is 2.90. The number of carbonyl (C=O) groups excluding carboxylic acids is 1. The maximum atomic E-state index is 12.4. The van der Waals surface area contributed by atoms with E-state index in [-0.39, 0.29) is 12.5 Å². The number of benzene rings is 3. The van der Waals surface area contributed by atoms with Crippen LogP contribution in [0.25, 0.3) is 0 Å². The van der Waals surface area contributed by atoms with Crippen LogP contribution >= 0.6 is 0 Å². The van der Waals surface area contributed by atoms with Crippen molar-refractivity contribution in [3.8, 4) is 11.5 Å². The molecule has 0 aliphatic heterocycles. The first-order valence-electron chi connectivity index (χ1n) is 10.6. The highest BCUT2D eigenvalue weighted by Crippen LogP contribution is 2.20. The summed E-state index contributed by atoms with van der Waals surface area (Å²) in [6.07, 6.45) is 1.01. The highest BCUT2D eigenvalue weighted by molar-refractivity contribution is 5.93. The van der Waals surface area contributed by atoms with E-state index < -0.39 is 0 Å². The number of nitrogens with one attached hydrogen (secondary N) is 2. The third-order valence-electron chi connectivity index (χ3n) is 4.62. The molecule has 0 radical (unpaired) electrons. The van der Waals surface area contributed by atoms with E-state index in [9.17, 15) is 4.79 Å². The molecule has 0 heterocycles. The van der Waals surface area contributed by atoms with Gasteiger partial charge in [-0.05, 0) is 42.2 Å². The molecule has 0 saturated heterocycles. The SMILES string of the molecule is CC(C)CCOc1cccc(NCC(=O)Nc2cccc(OCc3ccccc3)c2)c1. The van der Waals surface area contributed by atoms with E-state index in [2.05, 4.69) is 24.5 Å². The van der Waals surface area contributed by atoms with Gasteiger partial charge in [-0.2, -0.15) is 0 Å². The molecule has 0 atom stereocenters. The molecular weight excluding hydrogens is 388 g/mol. The molecule has 0 saturated carbocycles. The second kappa shape index (κ2) is 11.6. The number of anilines is 2. The third-order valence-corrected chi connectivity index (χ3v) is 4.62. The topological polar surface area (TPSA) is 59.6 Å². The molecule has 0 bridgehead atoms. The molecule has 2 N–H and O–H groups in total. The van der Waals surface area contributed by atoms with Gasteiger partial charge in [0.25, 0.3) is 0 Å². The lowest BCUT2D eigenvalue weighted by atomic mass is 10.1. The second-order valence-corrected chi connectivity index (χ2v) is 7.76. The molecule has 3 aromatic rings. The van der Waals surface area contributed by atoms with Crippen LogP contribution in [0.3, 0.4) is 0 Å². The summed E-state index contributed by atoms with van der Waals surface area (Å²) >= 11 is 0. The largest absolute Gasteiger partial charge is 0.494 e. The zero-order chi connectivity index (χ0) is 21.9. The van der Waals surface area contributed by atoms with Crippen LogP contribution in [0.15, 0.2) is 78.9 Å². The Hall–Kier alpha value is -3.47. The lowest BCUT2D eigenvalue weighted by Gasteiger charge is -2.12. The summed E-state index contributed by atoms with van der Waals surface area (Å²) in [5.41, 5.74) is 2.64. The normalized spacial score (nSPS) is 10.5.